The molecule has 0 N–H and O–H groups in total. The molecule has 0 amide bonds. The van der Waals surface area contributed by atoms with Crippen molar-refractivity contribution in [1.29, 1.82) is 0 Å². The average molecular weight is 379 g/mol. The molecule has 0 atom stereocenters. The SMILES string of the molecule is CCCCC(/C=N/c1cc(C)cc(C)c1)=N\c1cc(C)cc(C)c1.[Ni]. The van der Waals surface area contributed by atoms with Gasteiger partial charge in [0.15, 0.2) is 0 Å². The van der Waals surface area contributed by atoms with Crippen LogP contribution in [0, 0.1) is 27.7 Å². The Morgan fingerprint density at radius 1 is 0.800 bits per heavy atom. The third-order valence-electron chi connectivity index (χ3n) is 3.83. The number of benzene rings is 2. The van der Waals surface area contributed by atoms with E-state index in [0.29, 0.717) is 0 Å². The van der Waals surface area contributed by atoms with Crippen LogP contribution >= 0.6 is 0 Å². The van der Waals surface area contributed by atoms with E-state index in [1.165, 1.54) is 22.3 Å². The van der Waals surface area contributed by atoms with Crippen molar-refractivity contribution in [3.8, 4) is 0 Å². The maximum atomic E-state index is 4.85. The van der Waals surface area contributed by atoms with Gasteiger partial charge in [-0.2, -0.15) is 0 Å². The van der Waals surface area contributed by atoms with E-state index in [0.717, 1.165) is 36.3 Å². The number of unbranched alkanes of at least 4 members (excludes halogenated alkanes) is 1. The number of aryl methyl sites for hydroxylation is 4. The van der Waals surface area contributed by atoms with E-state index >= 15 is 0 Å². The standard InChI is InChI=1S/C22H28N2.Ni/c1-6-7-8-20(24-22-13-18(4)10-19(5)14-22)15-23-21-11-16(2)9-17(3)12-21;/h9-15H,6-8H2,1-5H3;/b23-15+,24-20+;. The van der Waals surface area contributed by atoms with E-state index in [2.05, 4.69) is 76.0 Å². The molecule has 0 bridgehead atoms. The Morgan fingerprint density at radius 2 is 1.28 bits per heavy atom. The van der Waals surface area contributed by atoms with Crippen molar-refractivity contribution in [2.24, 2.45) is 9.98 Å². The second kappa shape index (κ2) is 10.3. The fourth-order valence-electron chi connectivity index (χ4n) is 2.86. The van der Waals surface area contributed by atoms with E-state index in [4.69, 9.17) is 4.99 Å². The molecule has 2 aromatic rings. The van der Waals surface area contributed by atoms with Crippen molar-refractivity contribution in [2.75, 3.05) is 0 Å². The summed E-state index contributed by atoms with van der Waals surface area (Å²) in [4.78, 5) is 9.51. The maximum absolute atomic E-state index is 4.85. The maximum Gasteiger partial charge on any atom is 0.0638 e. The Morgan fingerprint density at radius 3 is 1.76 bits per heavy atom. The fourth-order valence-corrected chi connectivity index (χ4v) is 2.86. The molecule has 0 spiro atoms. The number of nitrogens with zero attached hydrogens (tertiary/aromatic N) is 2. The van der Waals surface area contributed by atoms with Crippen molar-refractivity contribution >= 4 is 23.3 Å². The first kappa shape index (κ1) is 21.3. The number of aliphatic imine (C=N–C) groups is 2. The molecular weight excluding hydrogens is 351 g/mol. The molecule has 0 aliphatic carbocycles. The van der Waals surface area contributed by atoms with Gasteiger partial charge in [0.25, 0.3) is 0 Å². The number of rotatable bonds is 6. The van der Waals surface area contributed by atoms with Gasteiger partial charge in [-0.3, -0.25) is 9.98 Å². The summed E-state index contributed by atoms with van der Waals surface area (Å²) < 4.78 is 0. The number of hydrogen-bond acceptors (Lipinski definition) is 2. The summed E-state index contributed by atoms with van der Waals surface area (Å²) >= 11 is 0. The summed E-state index contributed by atoms with van der Waals surface area (Å²) in [7, 11) is 0. The summed E-state index contributed by atoms with van der Waals surface area (Å²) in [6, 6.07) is 12.8. The number of hydrogen-bond donors (Lipinski definition) is 0. The fraction of sp³-hybridized carbons (Fsp3) is 0.364. The van der Waals surface area contributed by atoms with Gasteiger partial charge < -0.3 is 0 Å². The largest absolute Gasteiger partial charge is 0.255 e. The van der Waals surface area contributed by atoms with Gasteiger partial charge in [-0.15, -0.1) is 0 Å². The molecule has 2 nitrogen and oxygen atoms in total. The Kier molecular flexibility index (Phi) is 8.79. The molecule has 2 aromatic carbocycles. The van der Waals surface area contributed by atoms with Gasteiger partial charge in [-0.1, -0.05) is 25.5 Å². The second-order valence-corrected chi connectivity index (χ2v) is 6.66. The first-order valence-electron chi connectivity index (χ1n) is 8.74. The zero-order chi connectivity index (χ0) is 17.5. The van der Waals surface area contributed by atoms with Crippen LogP contribution < -0.4 is 0 Å². The Bertz CT molecular complexity index is 720. The Balaban J connectivity index is 0.00000312. The first-order chi connectivity index (χ1) is 11.5. The van der Waals surface area contributed by atoms with Crippen LogP contribution in [-0.4, -0.2) is 11.9 Å². The van der Waals surface area contributed by atoms with Crippen LogP contribution in [0.1, 0.15) is 48.4 Å². The van der Waals surface area contributed by atoms with Crippen LogP contribution in [0.4, 0.5) is 11.4 Å². The molecule has 2 rings (SSSR count). The normalized spacial score (nSPS) is 11.6. The molecule has 0 aliphatic heterocycles. The quantitative estimate of drug-likeness (QED) is 0.400. The van der Waals surface area contributed by atoms with Crippen molar-refractivity contribution in [3.63, 3.8) is 0 Å². The van der Waals surface area contributed by atoms with Crippen LogP contribution in [0.15, 0.2) is 46.4 Å². The van der Waals surface area contributed by atoms with Crippen molar-refractivity contribution in [3.05, 3.63) is 58.7 Å². The molecule has 3 heteroatoms. The predicted molar refractivity (Wildman–Crippen MR) is 107 cm³/mol. The van der Waals surface area contributed by atoms with Crippen molar-refractivity contribution < 1.29 is 16.5 Å². The minimum absolute atomic E-state index is 0. The smallest absolute Gasteiger partial charge is 0.0638 e. The van der Waals surface area contributed by atoms with Gasteiger partial charge in [0, 0.05) is 22.7 Å². The Labute approximate surface area is 162 Å². The third-order valence-corrected chi connectivity index (χ3v) is 3.83. The zero-order valence-corrected chi connectivity index (χ0v) is 16.9. The molecule has 25 heavy (non-hydrogen) atoms. The first-order valence-corrected chi connectivity index (χ1v) is 8.74. The monoisotopic (exact) mass is 378 g/mol. The Hall–Kier alpha value is -1.73. The van der Waals surface area contributed by atoms with Gasteiger partial charge in [-0.25, -0.2) is 0 Å². The van der Waals surface area contributed by atoms with Gasteiger partial charge in [0.05, 0.1) is 17.1 Å². The minimum atomic E-state index is 0. The van der Waals surface area contributed by atoms with E-state index < -0.39 is 0 Å². The van der Waals surface area contributed by atoms with E-state index in [1.807, 2.05) is 6.21 Å². The molecule has 0 heterocycles. The van der Waals surface area contributed by atoms with Gasteiger partial charge in [0.2, 0.25) is 0 Å². The van der Waals surface area contributed by atoms with Crippen LogP contribution in [0.2, 0.25) is 0 Å². The summed E-state index contributed by atoms with van der Waals surface area (Å²) in [5.74, 6) is 0. The zero-order valence-electron chi connectivity index (χ0n) is 15.9. The molecule has 0 unspecified atom stereocenters. The van der Waals surface area contributed by atoms with Gasteiger partial charge >= 0.3 is 0 Å². The molecule has 136 valence electrons. The van der Waals surface area contributed by atoms with E-state index in [1.54, 1.807) is 0 Å². The van der Waals surface area contributed by atoms with Crippen LogP contribution in [0.3, 0.4) is 0 Å². The van der Waals surface area contributed by atoms with Crippen LogP contribution in [0.5, 0.6) is 0 Å². The second-order valence-electron chi connectivity index (χ2n) is 6.66. The summed E-state index contributed by atoms with van der Waals surface area (Å²) in [6.07, 6.45) is 5.17. The topological polar surface area (TPSA) is 24.7 Å². The third kappa shape index (κ3) is 7.36. The van der Waals surface area contributed by atoms with Crippen LogP contribution in [0.25, 0.3) is 0 Å². The summed E-state index contributed by atoms with van der Waals surface area (Å²) in [5, 5.41) is 0. The van der Waals surface area contributed by atoms with E-state index in [-0.39, 0.29) is 16.5 Å². The molecule has 0 fully saturated rings. The average Bonchev–Trinajstić information content (AvgIpc) is 2.48. The predicted octanol–water partition coefficient (Wildman–Crippen LogP) is 6.58. The van der Waals surface area contributed by atoms with Gasteiger partial charge in [0.1, 0.15) is 0 Å². The summed E-state index contributed by atoms with van der Waals surface area (Å²) in [6.45, 7) is 10.6. The molecule has 0 saturated carbocycles. The van der Waals surface area contributed by atoms with Gasteiger partial charge in [-0.05, 0) is 87.1 Å². The molecule has 0 radical (unpaired) electrons. The van der Waals surface area contributed by atoms with Crippen molar-refractivity contribution in [1.82, 2.24) is 0 Å². The van der Waals surface area contributed by atoms with Crippen LogP contribution in [-0.2, 0) is 16.5 Å². The van der Waals surface area contributed by atoms with Crippen molar-refractivity contribution in [2.45, 2.75) is 53.9 Å². The van der Waals surface area contributed by atoms with E-state index in [9.17, 15) is 0 Å². The summed E-state index contributed by atoms with van der Waals surface area (Å²) in [5.41, 5.74) is 8.03. The molecule has 0 aromatic heterocycles. The molecular formula is C22H28N2Ni. The minimum Gasteiger partial charge on any atom is -0.255 e. The molecule has 0 saturated heterocycles. The molecule has 0 aliphatic rings.